The number of carbonyl (C=O) groups is 1. The maximum absolute atomic E-state index is 11.6. The molecule has 4 nitrogen and oxygen atoms in total. The van der Waals surface area contributed by atoms with Gasteiger partial charge in [-0.15, -0.1) is 0 Å². The number of hydrogen-bond acceptors (Lipinski definition) is 3. The van der Waals surface area contributed by atoms with E-state index in [-0.39, 0.29) is 23.4 Å². The zero-order chi connectivity index (χ0) is 11.5. The van der Waals surface area contributed by atoms with Crippen LogP contribution in [-0.2, 0) is 0 Å². The summed E-state index contributed by atoms with van der Waals surface area (Å²) in [5, 5.41) is 11.9. The van der Waals surface area contributed by atoms with Gasteiger partial charge in [-0.05, 0) is 26.0 Å². The molecule has 0 spiro atoms. The molecule has 82 valence electrons. The van der Waals surface area contributed by atoms with Gasteiger partial charge in [-0.3, -0.25) is 4.79 Å². The van der Waals surface area contributed by atoms with Gasteiger partial charge in [0.1, 0.15) is 10.8 Å². The first-order valence-electron chi connectivity index (χ1n) is 4.50. The van der Waals surface area contributed by atoms with Crippen LogP contribution < -0.4 is 5.32 Å². The molecule has 0 aromatic carbocycles. The number of aliphatic hydroxyl groups is 1. The second-order valence-corrected chi connectivity index (χ2v) is 4.23. The van der Waals surface area contributed by atoms with E-state index in [1.807, 2.05) is 0 Å². The highest BCUT2D eigenvalue weighted by Gasteiger charge is 2.20. The number of hydrogen-bond donors (Lipinski definition) is 2. The van der Waals surface area contributed by atoms with Crippen molar-refractivity contribution in [2.24, 2.45) is 0 Å². The Morgan fingerprint density at radius 2 is 2.27 bits per heavy atom. The van der Waals surface area contributed by atoms with Crippen LogP contribution in [0, 0.1) is 0 Å². The number of halogens is 1. The number of nitrogens with one attached hydrogen (secondary N) is 1. The maximum Gasteiger partial charge on any atom is 0.270 e. The van der Waals surface area contributed by atoms with E-state index in [2.05, 4.69) is 10.3 Å². The Labute approximate surface area is 93.3 Å². The molecule has 1 amide bonds. The second kappa shape index (κ2) is 4.59. The number of carbonyl (C=O) groups excluding carboxylic acids is 1. The van der Waals surface area contributed by atoms with Gasteiger partial charge in [-0.2, -0.15) is 0 Å². The van der Waals surface area contributed by atoms with E-state index >= 15 is 0 Å². The van der Waals surface area contributed by atoms with E-state index in [9.17, 15) is 4.79 Å². The van der Waals surface area contributed by atoms with Crippen LogP contribution in [0.1, 0.15) is 24.3 Å². The molecule has 5 heteroatoms. The van der Waals surface area contributed by atoms with Gasteiger partial charge >= 0.3 is 0 Å². The molecule has 0 unspecified atom stereocenters. The van der Waals surface area contributed by atoms with Gasteiger partial charge in [0.15, 0.2) is 0 Å². The molecule has 0 saturated carbocycles. The summed E-state index contributed by atoms with van der Waals surface area (Å²) >= 11 is 5.65. The van der Waals surface area contributed by atoms with Crippen molar-refractivity contribution >= 4 is 17.5 Å². The van der Waals surface area contributed by atoms with Gasteiger partial charge in [-0.25, -0.2) is 4.98 Å². The summed E-state index contributed by atoms with van der Waals surface area (Å²) in [4.78, 5) is 15.5. The summed E-state index contributed by atoms with van der Waals surface area (Å²) in [5.41, 5.74) is -0.426. The zero-order valence-electron chi connectivity index (χ0n) is 8.62. The van der Waals surface area contributed by atoms with Crippen LogP contribution in [0.3, 0.4) is 0 Å². The monoisotopic (exact) mass is 228 g/mol. The quantitative estimate of drug-likeness (QED) is 0.766. The Morgan fingerprint density at radius 1 is 1.60 bits per heavy atom. The SMILES string of the molecule is CC(C)(CO)NC(=O)c1cccc(Cl)n1. The largest absolute Gasteiger partial charge is 0.394 e. The van der Waals surface area contributed by atoms with Crippen LogP contribution in [0.15, 0.2) is 18.2 Å². The normalized spacial score (nSPS) is 11.2. The third-order valence-electron chi connectivity index (χ3n) is 1.79. The summed E-state index contributed by atoms with van der Waals surface area (Å²) in [5.74, 6) is -0.350. The molecular weight excluding hydrogens is 216 g/mol. The van der Waals surface area contributed by atoms with Crippen molar-refractivity contribution in [3.63, 3.8) is 0 Å². The van der Waals surface area contributed by atoms with Crippen molar-refractivity contribution in [3.05, 3.63) is 29.0 Å². The summed E-state index contributed by atoms with van der Waals surface area (Å²) in [6, 6.07) is 4.81. The van der Waals surface area contributed by atoms with Gasteiger partial charge in [-0.1, -0.05) is 17.7 Å². The molecule has 1 aromatic heterocycles. The van der Waals surface area contributed by atoms with Crippen molar-refractivity contribution in [1.82, 2.24) is 10.3 Å². The van der Waals surface area contributed by atoms with Crippen molar-refractivity contribution in [3.8, 4) is 0 Å². The number of aliphatic hydroxyl groups excluding tert-OH is 1. The topological polar surface area (TPSA) is 62.2 Å². The van der Waals surface area contributed by atoms with Gasteiger partial charge in [0.05, 0.1) is 12.1 Å². The Kier molecular flexibility index (Phi) is 3.66. The molecule has 1 rings (SSSR count). The summed E-state index contributed by atoms with van der Waals surface area (Å²) in [7, 11) is 0. The van der Waals surface area contributed by atoms with Crippen LogP contribution in [-0.4, -0.2) is 28.1 Å². The first kappa shape index (κ1) is 11.9. The van der Waals surface area contributed by atoms with Gasteiger partial charge in [0, 0.05) is 0 Å². The van der Waals surface area contributed by atoms with E-state index in [0.29, 0.717) is 0 Å². The van der Waals surface area contributed by atoms with Crippen LogP contribution in [0.25, 0.3) is 0 Å². The fraction of sp³-hybridized carbons (Fsp3) is 0.400. The first-order chi connectivity index (χ1) is 6.94. The first-order valence-corrected chi connectivity index (χ1v) is 4.88. The van der Waals surface area contributed by atoms with Crippen molar-refractivity contribution in [2.75, 3.05) is 6.61 Å². The Bertz CT molecular complexity index is 366. The predicted molar refractivity (Wildman–Crippen MR) is 57.9 cm³/mol. The number of pyridine rings is 1. The molecule has 0 fully saturated rings. The maximum atomic E-state index is 11.6. The number of aromatic nitrogens is 1. The lowest BCUT2D eigenvalue weighted by Gasteiger charge is -2.23. The van der Waals surface area contributed by atoms with Gasteiger partial charge < -0.3 is 10.4 Å². The fourth-order valence-electron chi connectivity index (χ4n) is 0.946. The van der Waals surface area contributed by atoms with Crippen molar-refractivity contribution in [1.29, 1.82) is 0 Å². The lowest BCUT2D eigenvalue weighted by atomic mass is 10.1. The van der Waals surface area contributed by atoms with E-state index in [0.717, 1.165) is 0 Å². The second-order valence-electron chi connectivity index (χ2n) is 3.84. The van der Waals surface area contributed by atoms with E-state index in [1.54, 1.807) is 32.0 Å². The molecular formula is C10H13ClN2O2. The molecule has 0 radical (unpaired) electrons. The van der Waals surface area contributed by atoms with E-state index in [1.165, 1.54) is 0 Å². The summed E-state index contributed by atoms with van der Waals surface area (Å²) in [6.45, 7) is 3.30. The molecule has 15 heavy (non-hydrogen) atoms. The third-order valence-corrected chi connectivity index (χ3v) is 2.01. The summed E-state index contributed by atoms with van der Waals surface area (Å²) in [6.07, 6.45) is 0. The standard InChI is InChI=1S/C10H13ClN2O2/c1-10(2,6-14)13-9(15)7-4-3-5-8(11)12-7/h3-5,14H,6H2,1-2H3,(H,13,15). The third kappa shape index (κ3) is 3.49. The highest BCUT2D eigenvalue weighted by molar-refractivity contribution is 6.29. The predicted octanol–water partition coefficient (Wildman–Crippen LogP) is 1.24. The molecule has 2 N–H and O–H groups in total. The van der Waals surface area contributed by atoms with Crippen LogP contribution in [0.4, 0.5) is 0 Å². The Balaban J connectivity index is 2.78. The molecule has 0 aliphatic rings. The lowest BCUT2D eigenvalue weighted by molar-refractivity contribution is 0.0864. The zero-order valence-corrected chi connectivity index (χ0v) is 9.38. The molecule has 0 atom stereocenters. The van der Waals surface area contributed by atoms with E-state index in [4.69, 9.17) is 16.7 Å². The average molecular weight is 229 g/mol. The molecule has 0 bridgehead atoms. The molecule has 0 aliphatic carbocycles. The van der Waals surface area contributed by atoms with Gasteiger partial charge in [0.2, 0.25) is 0 Å². The minimum absolute atomic E-state index is 0.140. The van der Waals surface area contributed by atoms with E-state index < -0.39 is 5.54 Å². The number of nitrogens with zero attached hydrogens (tertiary/aromatic N) is 1. The van der Waals surface area contributed by atoms with Crippen LogP contribution in [0.5, 0.6) is 0 Å². The highest BCUT2D eigenvalue weighted by Crippen LogP contribution is 2.07. The minimum Gasteiger partial charge on any atom is -0.394 e. The molecule has 1 aromatic rings. The van der Waals surface area contributed by atoms with Crippen molar-refractivity contribution < 1.29 is 9.90 Å². The number of amides is 1. The Morgan fingerprint density at radius 3 is 2.80 bits per heavy atom. The average Bonchev–Trinajstić information content (AvgIpc) is 2.17. The number of rotatable bonds is 3. The summed E-state index contributed by atoms with van der Waals surface area (Å²) < 4.78 is 0. The molecule has 1 heterocycles. The van der Waals surface area contributed by atoms with Crippen LogP contribution in [0.2, 0.25) is 5.15 Å². The minimum atomic E-state index is -0.666. The van der Waals surface area contributed by atoms with Crippen LogP contribution >= 0.6 is 11.6 Å². The molecule has 0 saturated heterocycles. The highest BCUT2D eigenvalue weighted by atomic mass is 35.5. The van der Waals surface area contributed by atoms with Gasteiger partial charge in [0.25, 0.3) is 5.91 Å². The fourth-order valence-corrected chi connectivity index (χ4v) is 1.11. The smallest absolute Gasteiger partial charge is 0.270 e. The molecule has 0 aliphatic heterocycles. The Hall–Kier alpha value is -1.13. The lowest BCUT2D eigenvalue weighted by Crippen LogP contribution is -2.46. The van der Waals surface area contributed by atoms with Crippen molar-refractivity contribution in [2.45, 2.75) is 19.4 Å².